The molecule has 17 heavy (non-hydrogen) atoms. The van der Waals surface area contributed by atoms with E-state index in [-0.39, 0.29) is 5.82 Å². The summed E-state index contributed by atoms with van der Waals surface area (Å²) in [5.74, 6) is 1.49. The predicted octanol–water partition coefficient (Wildman–Crippen LogP) is 2.74. The molecule has 1 aliphatic rings. The Morgan fingerprint density at radius 3 is 2.47 bits per heavy atom. The second-order valence-electron chi connectivity index (χ2n) is 4.32. The Bertz CT molecular complexity index is 547. The molecule has 86 valence electrons. The van der Waals surface area contributed by atoms with E-state index >= 15 is 0 Å². The molecule has 4 heteroatoms. The monoisotopic (exact) mass is 229 g/mol. The normalized spacial score (nSPS) is 14.9. The Morgan fingerprint density at radius 2 is 1.82 bits per heavy atom. The first-order valence-corrected chi connectivity index (χ1v) is 5.63. The molecule has 0 saturated heterocycles. The van der Waals surface area contributed by atoms with Crippen LogP contribution in [0.5, 0.6) is 0 Å². The van der Waals surface area contributed by atoms with Gasteiger partial charge in [-0.1, -0.05) is 0 Å². The zero-order valence-electron chi connectivity index (χ0n) is 9.23. The topological polar surface area (TPSA) is 51.8 Å². The fourth-order valence-corrected chi connectivity index (χ4v) is 1.78. The van der Waals surface area contributed by atoms with Crippen LogP contribution < -0.4 is 5.73 Å². The average molecular weight is 229 g/mol. The number of aromatic nitrogens is 2. The maximum Gasteiger partial charge on any atom is 0.134 e. The van der Waals surface area contributed by atoms with Crippen molar-refractivity contribution in [3.05, 3.63) is 42.0 Å². The molecule has 1 aromatic heterocycles. The van der Waals surface area contributed by atoms with Gasteiger partial charge < -0.3 is 5.73 Å². The third-order valence-corrected chi connectivity index (χ3v) is 2.85. The Morgan fingerprint density at radius 1 is 1.12 bits per heavy atom. The molecule has 1 saturated carbocycles. The van der Waals surface area contributed by atoms with Gasteiger partial charge in [-0.25, -0.2) is 14.4 Å². The largest absolute Gasteiger partial charge is 0.384 e. The summed E-state index contributed by atoms with van der Waals surface area (Å²) in [6.07, 6.45) is 2.26. The molecule has 0 spiro atoms. The highest BCUT2D eigenvalue weighted by Gasteiger charge is 2.27. The summed E-state index contributed by atoms with van der Waals surface area (Å²) >= 11 is 0. The number of rotatable bonds is 2. The Labute approximate surface area is 98.5 Å². The lowest BCUT2D eigenvalue weighted by atomic mass is 10.1. The minimum atomic E-state index is -0.252. The summed E-state index contributed by atoms with van der Waals surface area (Å²) in [7, 11) is 0. The van der Waals surface area contributed by atoms with Gasteiger partial charge in [-0.05, 0) is 37.1 Å². The van der Waals surface area contributed by atoms with Crippen molar-refractivity contribution in [3.8, 4) is 11.3 Å². The third-order valence-electron chi connectivity index (χ3n) is 2.85. The number of halogens is 1. The van der Waals surface area contributed by atoms with Crippen molar-refractivity contribution in [1.82, 2.24) is 9.97 Å². The van der Waals surface area contributed by atoms with Gasteiger partial charge in [-0.15, -0.1) is 0 Å². The van der Waals surface area contributed by atoms with Crippen molar-refractivity contribution in [2.75, 3.05) is 5.73 Å². The molecule has 1 aromatic carbocycles. The molecular formula is C13H12FN3. The van der Waals surface area contributed by atoms with Crippen LogP contribution in [0.1, 0.15) is 24.6 Å². The minimum Gasteiger partial charge on any atom is -0.384 e. The van der Waals surface area contributed by atoms with Crippen molar-refractivity contribution in [1.29, 1.82) is 0 Å². The van der Waals surface area contributed by atoms with Gasteiger partial charge in [0.2, 0.25) is 0 Å². The van der Waals surface area contributed by atoms with Crippen molar-refractivity contribution in [2.24, 2.45) is 0 Å². The average Bonchev–Trinajstić information content (AvgIpc) is 3.13. The van der Waals surface area contributed by atoms with E-state index in [1.807, 2.05) is 0 Å². The molecule has 1 aliphatic carbocycles. The molecule has 1 heterocycles. The molecule has 3 rings (SSSR count). The summed E-state index contributed by atoms with van der Waals surface area (Å²) < 4.78 is 12.8. The van der Waals surface area contributed by atoms with E-state index in [1.54, 1.807) is 18.2 Å². The molecule has 0 unspecified atom stereocenters. The number of anilines is 1. The fourth-order valence-electron chi connectivity index (χ4n) is 1.78. The molecule has 1 fully saturated rings. The van der Waals surface area contributed by atoms with Crippen LogP contribution in [-0.4, -0.2) is 9.97 Å². The van der Waals surface area contributed by atoms with Crippen molar-refractivity contribution < 1.29 is 4.39 Å². The predicted molar refractivity (Wildman–Crippen MR) is 63.8 cm³/mol. The molecule has 2 aromatic rings. The number of nitrogen functional groups attached to an aromatic ring is 1. The molecule has 0 aliphatic heterocycles. The highest BCUT2D eigenvalue weighted by Crippen LogP contribution is 2.38. The van der Waals surface area contributed by atoms with Crippen LogP contribution in [-0.2, 0) is 0 Å². The lowest BCUT2D eigenvalue weighted by Gasteiger charge is -2.05. The van der Waals surface area contributed by atoms with Crippen LogP contribution in [0.2, 0.25) is 0 Å². The molecule has 0 amide bonds. The lowest BCUT2D eigenvalue weighted by Crippen LogP contribution is -2.00. The van der Waals surface area contributed by atoms with Gasteiger partial charge in [0.1, 0.15) is 17.5 Å². The number of nitrogens with two attached hydrogens (primary N) is 1. The van der Waals surface area contributed by atoms with E-state index < -0.39 is 0 Å². The second-order valence-corrected chi connectivity index (χ2v) is 4.32. The molecule has 0 bridgehead atoms. The second kappa shape index (κ2) is 3.80. The minimum absolute atomic E-state index is 0.252. The number of hydrogen-bond acceptors (Lipinski definition) is 3. The van der Waals surface area contributed by atoms with Crippen LogP contribution in [0.3, 0.4) is 0 Å². The summed E-state index contributed by atoms with van der Waals surface area (Å²) in [5.41, 5.74) is 7.39. The smallest absolute Gasteiger partial charge is 0.134 e. The zero-order chi connectivity index (χ0) is 11.8. The standard InChI is InChI=1S/C13H12FN3/c14-10-5-3-8(4-6-10)11-7-12(15)17-13(16-11)9-1-2-9/h3-7,9H,1-2H2,(H2,15,16,17). The van der Waals surface area contributed by atoms with Gasteiger partial charge in [0.25, 0.3) is 0 Å². The van der Waals surface area contributed by atoms with E-state index in [9.17, 15) is 4.39 Å². The van der Waals surface area contributed by atoms with Crippen molar-refractivity contribution >= 4 is 5.82 Å². The molecule has 0 radical (unpaired) electrons. The van der Waals surface area contributed by atoms with Crippen molar-refractivity contribution in [2.45, 2.75) is 18.8 Å². The number of nitrogens with zero attached hydrogens (tertiary/aromatic N) is 2. The van der Waals surface area contributed by atoms with Gasteiger partial charge in [-0.3, -0.25) is 0 Å². The van der Waals surface area contributed by atoms with Gasteiger partial charge >= 0.3 is 0 Å². The maximum atomic E-state index is 12.8. The quantitative estimate of drug-likeness (QED) is 0.861. The zero-order valence-corrected chi connectivity index (χ0v) is 9.23. The summed E-state index contributed by atoms with van der Waals surface area (Å²) in [5, 5.41) is 0. The first kappa shape index (κ1) is 10.2. The Balaban J connectivity index is 2.04. The van der Waals surface area contributed by atoms with Gasteiger partial charge in [0.15, 0.2) is 0 Å². The highest BCUT2D eigenvalue weighted by molar-refractivity contribution is 5.61. The molecular weight excluding hydrogens is 217 g/mol. The first-order valence-electron chi connectivity index (χ1n) is 5.63. The SMILES string of the molecule is Nc1cc(-c2ccc(F)cc2)nc(C2CC2)n1. The fraction of sp³-hybridized carbons (Fsp3) is 0.231. The van der Waals surface area contributed by atoms with Crippen LogP contribution in [0.4, 0.5) is 10.2 Å². The molecule has 3 nitrogen and oxygen atoms in total. The van der Waals surface area contributed by atoms with Gasteiger partial charge in [0, 0.05) is 17.5 Å². The Hall–Kier alpha value is -1.97. The van der Waals surface area contributed by atoms with Gasteiger partial charge in [0.05, 0.1) is 5.69 Å². The number of hydrogen-bond donors (Lipinski definition) is 1. The summed E-state index contributed by atoms with van der Waals surface area (Å²) in [6.45, 7) is 0. The van der Waals surface area contributed by atoms with E-state index in [0.717, 1.165) is 29.9 Å². The van der Waals surface area contributed by atoms with E-state index in [0.29, 0.717) is 11.7 Å². The van der Waals surface area contributed by atoms with Crippen LogP contribution >= 0.6 is 0 Å². The van der Waals surface area contributed by atoms with E-state index in [4.69, 9.17) is 5.73 Å². The van der Waals surface area contributed by atoms with Gasteiger partial charge in [-0.2, -0.15) is 0 Å². The van der Waals surface area contributed by atoms with Crippen molar-refractivity contribution in [3.63, 3.8) is 0 Å². The van der Waals surface area contributed by atoms with E-state index in [2.05, 4.69) is 9.97 Å². The number of benzene rings is 1. The van der Waals surface area contributed by atoms with Crippen LogP contribution in [0, 0.1) is 5.82 Å². The maximum absolute atomic E-state index is 12.8. The summed E-state index contributed by atoms with van der Waals surface area (Å²) in [4.78, 5) is 8.71. The van der Waals surface area contributed by atoms with Crippen LogP contribution in [0.25, 0.3) is 11.3 Å². The highest BCUT2D eigenvalue weighted by atomic mass is 19.1. The summed E-state index contributed by atoms with van der Waals surface area (Å²) in [6, 6.07) is 7.97. The third kappa shape index (κ3) is 2.11. The first-order chi connectivity index (χ1) is 8.22. The lowest BCUT2D eigenvalue weighted by molar-refractivity contribution is 0.628. The molecule has 2 N–H and O–H groups in total. The van der Waals surface area contributed by atoms with E-state index in [1.165, 1.54) is 12.1 Å². The van der Waals surface area contributed by atoms with Crippen LogP contribution in [0.15, 0.2) is 30.3 Å². The molecule has 0 atom stereocenters. The Kier molecular flexibility index (Phi) is 2.28.